The van der Waals surface area contributed by atoms with Gasteiger partial charge in [-0.3, -0.25) is 9.59 Å². The van der Waals surface area contributed by atoms with Crippen LogP contribution in [0.15, 0.2) is 0 Å². The van der Waals surface area contributed by atoms with Gasteiger partial charge in [0, 0.05) is 11.7 Å². The second-order valence-corrected chi connectivity index (χ2v) is 6.63. The lowest BCUT2D eigenvalue weighted by atomic mass is 9.74. The Morgan fingerprint density at radius 2 is 2.17 bits per heavy atom. The smallest absolute Gasteiger partial charge is 0.308 e. The van der Waals surface area contributed by atoms with Crippen LogP contribution < -0.4 is 5.32 Å². The monoisotopic (exact) mass is 273 g/mol. The average molecular weight is 273 g/mol. The van der Waals surface area contributed by atoms with Crippen LogP contribution in [0.5, 0.6) is 0 Å². The molecule has 3 unspecified atom stereocenters. The van der Waals surface area contributed by atoms with E-state index in [1.54, 1.807) is 11.8 Å². The van der Waals surface area contributed by atoms with Crippen molar-refractivity contribution in [1.82, 2.24) is 5.32 Å². The summed E-state index contributed by atoms with van der Waals surface area (Å²) in [6, 6.07) is 0. The van der Waals surface area contributed by atoms with Crippen molar-refractivity contribution in [3.05, 3.63) is 0 Å². The second kappa shape index (κ2) is 6.45. The summed E-state index contributed by atoms with van der Waals surface area (Å²) in [5.41, 5.74) is -0.584. The SMILES string of the molecule is CSC(C)CC(=O)NC1(C)CCCCC1C(=O)O. The van der Waals surface area contributed by atoms with Crippen LogP contribution in [0, 0.1) is 5.92 Å². The molecule has 0 aromatic carbocycles. The highest BCUT2D eigenvalue weighted by atomic mass is 32.2. The second-order valence-electron chi connectivity index (χ2n) is 5.35. The molecule has 1 saturated carbocycles. The summed E-state index contributed by atoms with van der Waals surface area (Å²) >= 11 is 1.64. The maximum absolute atomic E-state index is 11.9. The molecule has 0 heterocycles. The average Bonchev–Trinajstić information content (AvgIpc) is 2.27. The van der Waals surface area contributed by atoms with Gasteiger partial charge in [0.05, 0.1) is 11.5 Å². The quantitative estimate of drug-likeness (QED) is 0.806. The summed E-state index contributed by atoms with van der Waals surface area (Å²) in [7, 11) is 0. The Balaban J connectivity index is 2.66. The number of thioether (sulfide) groups is 1. The fourth-order valence-corrected chi connectivity index (χ4v) is 2.91. The molecule has 104 valence electrons. The number of carbonyl (C=O) groups is 2. The largest absolute Gasteiger partial charge is 0.481 e. The van der Waals surface area contributed by atoms with E-state index >= 15 is 0 Å². The van der Waals surface area contributed by atoms with E-state index in [4.69, 9.17) is 0 Å². The van der Waals surface area contributed by atoms with E-state index in [0.717, 1.165) is 19.3 Å². The van der Waals surface area contributed by atoms with Crippen LogP contribution in [0.3, 0.4) is 0 Å². The van der Waals surface area contributed by atoms with Crippen molar-refractivity contribution in [2.45, 2.75) is 56.7 Å². The maximum Gasteiger partial charge on any atom is 0.308 e. The molecular formula is C13H23NO3S. The Kier molecular flexibility index (Phi) is 5.50. The third-order valence-electron chi connectivity index (χ3n) is 3.81. The topological polar surface area (TPSA) is 66.4 Å². The Hall–Kier alpha value is -0.710. The van der Waals surface area contributed by atoms with Crippen molar-refractivity contribution in [3.63, 3.8) is 0 Å². The van der Waals surface area contributed by atoms with Crippen molar-refractivity contribution in [2.75, 3.05) is 6.26 Å². The van der Waals surface area contributed by atoms with Crippen LogP contribution >= 0.6 is 11.8 Å². The molecule has 0 aromatic rings. The Labute approximate surface area is 113 Å². The van der Waals surface area contributed by atoms with E-state index < -0.39 is 17.4 Å². The minimum absolute atomic E-state index is 0.0347. The van der Waals surface area contributed by atoms with Crippen LogP contribution in [-0.4, -0.2) is 34.0 Å². The van der Waals surface area contributed by atoms with Gasteiger partial charge in [0.2, 0.25) is 5.91 Å². The van der Waals surface area contributed by atoms with E-state index in [-0.39, 0.29) is 11.2 Å². The number of carboxylic acids is 1. The summed E-state index contributed by atoms with van der Waals surface area (Å²) in [5.74, 6) is -1.29. The van der Waals surface area contributed by atoms with Crippen molar-refractivity contribution in [1.29, 1.82) is 0 Å². The van der Waals surface area contributed by atoms with Gasteiger partial charge in [-0.15, -0.1) is 0 Å². The van der Waals surface area contributed by atoms with Crippen LogP contribution in [0.1, 0.15) is 46.0 Å². The number of hydrogen-bond donors (Lipinski definition) is 2. The predicted octanol–water partition coefficient (Wildman–Crippen LogP) is 2.28. The molecular weight excluding hydrogens is 250 g/mol. The molecule has 1 fully saturated rings. The zero-order valence-corrected chi connectivity index (χ0v) is 12.2. The molecule has 0 aromatic heterocycles. The van der Waals surface area contributed by atoms with Crippen molar-refractivity contribution >= 4 is 23.6 Å². The Morgan fingerprint density at radius 3 is 2.72 bits per heavy atom. The molecule has 4 nitrogen and oxygen atoms in total. The standard InChI is InChI=1S/C13H23NO3S/c1-9(18-3)8-11(15)14-13(2)7-5-4-6-10(13)12(16)17/h9-10H,4-8H2,1-3H3,(H,14,15)(H,16,17). The number of rotatable bonds is 5. The van der Waals surface area contributed by atoms with Gasteiger partial charge in [-0.25, -0.2) is 0 Å². The molecule has 0 bridgehead atoms. The Morgan fingerprint density at radius 1 is 1.50 bits per heavy atom. The zero-order chi connectivity index (χ0) is 13.8. The van der Waals surface area contributed by atoms with Crippen molar-refractivity contribution < 1.29 is 14.7 Å². The van der Waals surface area contributed by atoms with Gasteiger partial charge in [-0.1, -0.05) is 19.8 Å². The van der Waals surface area contributed by atoms with Crippen molar-refractivity contribution in [3.8, 4) is 0 Å². The van der Waals surface area contributed by atoms with Gasteiger partial charge in [0.15, 0.2) is 0 Å². The van der Waals surface area contributed by atoms with E-state index in [2.05, 4.69) is 5.32 Å². The molecule has 0 radical (unpaired) electrons. The molecule has 5 heteroatoms. The van der Waals surface area contributed by atoms with E-state index in [9.17, 15) is 14.7 Å². The first-order valence-electron chi connectivity index (χ1n) is 6.45. The molecule has 0 saturated heterocycles. The van der Waals surface area contributed by atoms with Crippen LogP contribution in [0.25, 0.3) is 0 Å². The first-order valence-corrected chi connectivity index (χ1v) is 7.74. The molecule has 1 amide bonds. The van der Waals surface area contributed by atoms with Crippen LogP contribution in [0.4, 0.5) is 0 Å². The van der Waals surface area contributed by atoms with Gasteiger partial charge in [-0.2, -0.15) is 11.8 Å². The summed E-state index contributed by atoms with van der Waals surface area (Å²) in [6.07, 6.45) is 5.75. The van der Waals surface area contributed by atoms with Crippen LogP contribution in [-0.2, 0) is 9.59 Å². The summed E-state index contributed by atoms with van der Waals surface area (Å²) < 4.78 is 0. The molecule has 1 aliphatic carbocycles. The number of carboxylic acid groups (broad SMARTS) is 1. The summed E-state index contributed by atoms with van der Waals surface area (Å²) in [4.78, 5) is 23.2. The number of aliphatic carboxylic acids is 1. The highest BCUT2D eigenvalue weighted by molar-refractivity contribution is 7.99. The molecule has 1 rings (SSSR count). The molecule has 3 atom stereocenters. The van der Waals surface area contributed by atoms with Gasteiger partial charge >= 0.3 is 5.97 Å². The van der Waals surface area contributed by atoms with Crippen LogP contribution in [0.2, 0.25) is 0 Å². The molecule has 2 N–H and O–H groups in total. The van der Waals surface area contributed by atoms with Gasteiger partial charge in [0.1, 0.15) is 0 Å². The van der Waals surface area contributed by atoms with E-state index in [0.29, 0.717) is 12.8 Å². The molecule has 0 spiro atoms. The molecule has 0 aliphatic heterocycles. The fourth-order valence-electron chi connectivity index (χ4n) is 2.59. The maximum atomic E-state index is 11.9. The minimum Gasteiger partial charge on any atom is -0.481 e. The molecule has 1 aliphatic rings. The highest BCUT2D eigenvalue weighted by Crippen LogP contribution is 2.34. The number of nitrogens with one attached hydrogen (secondary N) is 1. The Bertz CT molecular complexity index is 321. The fraction of sp³-hybridized carbons (Fsp3) is 0.846. The lowest BCUT2D eigenvalue weighted by molar-refractivity contribution is -0.146. The van der Waals surface area contributed by atoms with E-state index in [1.165, 1.54) is 0 Å². The van der Waals surface area contributed by atoms with Gasteiger partial charge in [0.25, 0.3) is 0 Å². The lowest BCUT2D eigenvalue weighted by Gasteiger charge is -2.40. The van der Waals surface area contributed by atoms with Crippen molar-refractivity contribution in [2.24, 2.45) is 5.92 Å². The molecule has 18 heavy (non-hydrogen) atoms. The number of carbonyl (C=O) groups excluding carboxylic acids is 1. The third-order valence-corrected chi connectivity index (χ3v) is 4.78. The number of amides is 1. The summed E-state index contributed by atoms with van der Waals surface area (Å²) in [6.45, 7) is 3.87. The zero-order valence-electron chi connectivity index (χ0n) is 11.4. The normalized spacial score (nSPS) is 29.6. The minimum atomic E-state index is -0.796. The highest BCUT2D eigenvalue weighted by Gasteiger charge is 2.42. The predicted molar refractivity (Wildman–Crippen MR) is 73.7 cm³/mol. The third kappa shape index (κ3) is 3.90. The van der Waals surface area contributed by atoms with Gasteiger partial charge < -0.3 is 10.4 Å². The first kappa shape index (κ1) is 15.3. The van der Waals surface area contributed by atoms with E-state index in [1.807, 2.05) is 20.1 Å². The summed E-state index contributed by atoms with van der Waals surface area (Å²) in [5, 5.41) is 12.5. The first-order chi connectivity index (χ1) is 8.39. The lowest BCUT2D eigenvalue weighted by Crippen LogP contribution is -2.55. The number of hydrogen-bond acceptors (Lipinski definition) is 3. The van der Waals surface area contributed by atoms with Gasteiger partial charge in [-0.05, 0) is 26.0 Å².